The van der Waals surface area contributed by atoms with Crippen LogP contribution in [0.15, 0.2) is 53.0 Å². The molecule has 0 aliphatic rings. The van der Waals surface area contributed by atoms with E-state index in [-0.39, 0.29) is 24.4 Å². The van der Waals surface area contributed by atoms with Crippen molar-refractivity contribution in [3.8, 4) is 0 Å². The highest BCUT2D eigenvalue weighted by Crippen LogP contribution is 2.23. The Bertz CT molecular complexity index is 792. The van der Waals surface area contributed by atoms with Crippen LogP contribution in [0, 0.1) is 6.92 Å². The van der Waals surface area contributed by atoms with Gasteiger partial charge in [0.2, 0.25) is 11.8 Å². The van der Waals surface area contributed by atoms with E-state index in [1.54, 1.807) is 7.05 Å². The lowest BCUT2D eigenvalue weighted by Crippen LogP contribution is -2.46. The van der Waals surface area contributed by atoms with Crippen molar-refractivity contribution in [3.05, 3.63) is 64.1 Å². The van der Waals surface area contributed by atoms with Gasteiger partial charge in [-0.25, -0.2) is 0 Å². The standard InChI is InChI=1S/C21H26BrN3O2/c1-14-9-11-17(12-10-14)24-20(26)13-25(4)21(27)16(3)23-15(2)18-7-5-6-8-19(18)22/h5-12,15-16,23H,13H2,1-4H3,(H,24,26). The molecule has 0 fully saturated rings. The molecule has 0 spiro atoms. The van der Waals surface area contributed by atoms with Gasteiger partial charge < -0.3 is 10.2 Å². The fourth-order valence-corrected chi connectivity index (χ4v) is 3.45. The van der Waals surface area contributed by atoms with Crippen LogP contribution in [0.2, 0.25) is 0 Å². The second-order valence-corrected chi connectivity index (χ2v) is 7.59. The van der Waals surface area contributed by atoms with Gasteiger partial charge in [-0.15, -0.1) is 0 Å². The van der Waals surface area contributed by atoms with E-state index in [0.29, 0.717) is 0 Å². The van der Waals surface area contributed by atoms with Gasteiger partial charge in [-0.2, -0.15) is 0 Å². The normalized spacial score (nSPS) is 12.9. The number of amides is 2. The molecule has 2 amide bonds. The summed E-state index contributed by atoms with van der Waals surface area (Å²) in [4.78, 5) is 26.2. The van der Waals surface area contributed by atoms with Crippen LogP contribution >= 0.6 is 15.9 Å². The Kier molecular flexibility index (Phi) is 7.56. The van der Waals surface area contributed by atoms with Gasteiger partial charge in [-0.1, -0.05) is 51.8 Å². The lowest BCUT2D eigenvalue weighted by Gasteiger charge is -2.25. The summed E-state index contributed by atoms with van der Waals surface area (Å²) < 4.78 is 0.996. The van der Waals surface area contributed by atoms with Crippen LogP contribution in [-0.2, 0) is 9.59 Å². The maximum atomic E-state index is 12.6. The Labute approximate surface area is 169 Å². The number of anilines is 1. The van der Waals surface area contributed by atoms with Crippen molar-refractivity contribution in [1.29, 1.82) is 0 Å². The van der Waals surface area contributed by atoms with Crippen molar-refractivity contribution in [2.75, 3.05) is 18.9 Å². The Balaban J connectivity index is 1.88. The summed E-state index contributed by atoms with van der Waals surface area (Å²) in [5, 5.41) is 6.10. The minimum Gasteiger partial charge on any atom is -0.335 e. The van der Waals surface area contributed by atoms with Crippen LogP contribution < -0.4 is 10.6 Å². The summed E-state index contributed by atoms with van der Waals surface area (Å²) in [5.41, 5.74) is 2.93. The first-order valence-electron chi connectivity index (χ1n) is 8.90. The monoisotopic (exact) mass is 431 g/mol. The van der Waals surface area contributed by atoms with E-state index in [1.807, 2.05) is 69.3 Å². The van der Waals surface area contributed by atoms with Crippen LogP contribution in [0.3, 0.4) is 0 Å². The molecule has 0 bridgehead atoms. The van der Waals surface area contributed by atoms with Gasteiger partial charge in [-0.3, -0.25) is 14.9 Å². The van der Waals surface area contributed by atoms with E-state index in [1.165, 1.54) is 4.90 Å². The van der Waals surface area contributed by atoms with Crippen LogP contribution in [0.25, 0.3) is 0 Å². The van der Waals surface area contributed by atoms with E-state index in [9.17, 15) is 9.59 Å². The lowest BCUT2D eigenvalue weighted by molar-refractivity contribution is -0.135. The molecule has 0 aliphatic heterocycles. The zero-order chi connectivity index (χ0) is 20.0. The fourth-order valence-electron chi connectivity index (χ4n) is 2.82. The number of benzene rings is 2. The summed E-state index contributed by atoms with van der Waals surface area (Å²) in [5.74, 6) is -0.353. The first kappa shape index (κ1) is 21.1. The van der Waals surface area contributed by atoms with E-state index >= 15 is 0 Å². The van der Waals surface area contributed by atoms with Crippen molar-refractivity contribution >= 4 is 33.4 Å². The number of likely N-dealkylation sites (N-methyl/N-ethyl adjacent to an activating group) is 1. The summed E-state index contributed by atoms with van der Waals surface area (Å²) >= 11 is 3.53. The van der Waals surface area contributed by atoms with E-state index in [0.717, 1.165) is 21.3 Å². The van der Waals surface area contributed by atoms with Gasteiger partial charge in [0.15, 0.2) is 0 Å². The SMILES string of the molecule is Cc1ccc(NC(=O)CN(C)C(=O)C(C)NC(C)c2ccccc2Br)cc1. The Morgan fingerprint density at radius 2 is 1.70 bits per heavy atom. The molecule has 144 valence electrons. The molecular formula is C21H26BrN3O2. The highest BCUT2D eigenvalue weighted by molar-refractivity contribution is 9.10. The van der Waals surface area contributed by atoms with Crippen LogP contribution in [0.4, 0.5) is 5.69 Å². The fraction of sp³-hybridized carbons (Fsp3) is 0.333. The number of carbonyl (C=O) groups excluding carboxylic acids is 2. The minimum absolute atomic E-state index is 0.00213. The second kappa shape index (κ2) is 9.67. The molecule has 2 rings (SSSR count). The predicted octanol–water partition coefficient (Wildman–Crippen LogP) is 3.89. The molecule has 0 aromatic heterocycles. The van der Waals surface area contributed by atoms with Crippen molar-refractivity contribution < 1.29 is 9.59 Å². The topological polar surface area (TPSA) is 61.4 Å². The van der Waals surface area contributed by atoms with Gasteiger partial charge in [0.05, 0.1) is 12.6 Å². The molecule has 0 radical (unpaired) electrons. The highest BCUT2D eigenvalue weighted by Gasteiger charge is 2.22. The number of rotatable bonds is 7. The third-order valence-corrected chi connectivity index (χ3v) is 5.06. The number of nitrogens with one attached hydrogen (secondary N) is 2. The maximum Gasteiger partial charge on any atom is 0.243 e. The van der Waals surface area contributed by atoms with Crippen LogP contribution in [-0.4, -0.2) is 36.3 Å². The van der Waals surface area contributed by atoms with Gasteiger partial charge in [-0.05, 0) is 44.5 Å². The third-order valence-electron chi connectivity index (χ3n) is 4.33. The third kappa shape index (κ3) is 6.19. The number of aryl methyl sites for hydroxylation is 1. The van der Waals surface area contributed by atoms with Crippen LogP contribution in [0.5, 0.6) is 0 Å². The smallest absolute Gasteiger partial charge is 0.243 e. The molecule has 6 heteroatoms. The summed E-state index contributed by atoms with van der Waals surface area (Å²) in [6, 6.07) is 15.0. The molecule has 2 N–H and O–H groups in total. The predicted molar refractivity (Wildman–Crippen MR) is 113 cm³/mol. The first-order chi connectivity index (χ1) is 12.8. The van der Waals surface area contributed by atoms with Gasteiger partial charge >= 0.3 is 0 Å². The molecule has 2 atom stereocenters. The number of hydrogen-bond donors (Lipinski definition) is 2. The minimum atomic E-state index is -0.413. The molecule has 0 saturated carbocycles. The first-order valence-corrected chi connectivity index (χ1v) is 9.69. The van der Waals surface area contributed by atoms with Gasteiger partial charge in [0, 0.05) is 23.2 Å². The molecule has 27 heavy (non-hydrogen) atoms. The number of hydrogen-bond acceptors (Lipinski definition) is 3. The number of nitrogens with zero attached hydrogens (tertiary/aromatic N) is 1. The average Bonchev–Trinajstić information content (AvgIpc) is 2.63. The quantitative estimate of drug-likeness (QED) is 0.698. The van der Waals surface area contributed by atoms with E-state index in [2.05, 4.69) is 26.6 Å². The molecule has 2 aromatic carbocycles. The zero-order valence-electron chi connectivity index (χ0n) is 16.1. The molecule has 5 nitrogen and oxygen atoms in total. The zero-order valence-corrected chi connectivity index (χ0v) is 17.7. The molecule has 0 aliphatic carbocycles. The molecule has 2 unspecified atom stereocenters. The van der Waals surface area contributed by atoms with E-state index < -0.39 is 6.04 Å². The van der Waals surface area contributed by atoms with Crippen molar-refractivity contribution in [1.82, 2.24) is 10.2 Å². The Hall–Kier alpha value is -2.18. The van der Waals surface area contributed by atoms with Crippen molar-refractivity contribution in [2.24, 2.45) is 0 Å². The Morgan fingerprint density at radius 3 is 2.33 bits per heavy atom. The van der Waals surface area contributed by atoms with Gasteiger partial charge in [0.25, 0.3) is 0 Å². The summed E-state index contributed by atoms with van der Waals surface area (Å²) in [6.45, 7) is 5.81. The molecule has 0 heterocycles. The van der Waals surface area contributed by atoms with E-state index in [4.69, 9.17) is 0 Å². The molecular weight excluding hydrogens is 406 g/mol. The molecule has 0 saturated heterocycles. The summed E-state index contributed by atoms with van der Waals surface area (Å²) in [6.07, 6.45) is 0. The Morgan fingerprint density at radius 1 is 1.07 bits per heavy atom. The highest BCUT2D eigenvalue weighted by atomic mass is 79.9. The average molecular weight is 432 g/mol. The summed E-state index contributed by atoms with van der Waals surface area (Å²) in [7, 11) is 1.64. The largest absolute Gasteiger partial charge is 0.335 e. The van der Waals surface area contributed by atoms with Crippen molar-refractivity contribution in [3.63, 3.8) is 0 Å². The number of halogens is 1. The van der Waals surface area contributed by atoms with Crippen LogP contribution in [0.1, 0.15) is 31.0 Å². The molecule has 2 aromatic rings. The maximum absolute atomic E-state index is 12.6. The van der Waals surface area contributed by atoms with Gasteiger partial charge in [0.1, 0.15) is 0 Å². The lowest BCUT2D eigenvalue weighted by atomic mass is 10.1. The van der Waals surface area contributed by atoms with Crippen molar-refractivity contribution in [2.45, 2.75) is 32.9 Å². The second-order valence-electron chi connectivity index (χ2n) is 6.74. The number of carbonyl (C=O) groups is 2.